The van der Waals surface area contributed by atoms with Crippen LogP contribution in [0.3, 0.4) is 0 Å². The topological polar surface area (TPSA) is 51.2 Å². The Labute approximate surface area is 71.9 Å². The van der Waals surface area contributed by atoms with E-state index in [-0.39, 0.29) is 6.04 Å². The van der Waals surface area contributed by atoms with Crippen LogP contribution in [0.2, 0.25) is 0 Å². The molecule has 0 spiro atoms. The van der Waals surface area contributed by atoms with Crippen LogP contribution in [0, 0.1) is 12.3 Å². The van der Waals surface area contributed by atoms with E-state index in [4.69, 9.17) is 16.7 Å². The van der Waals surface area contributed by atoms with Gasteiger partial charge in [-0.25, -0.2) is 5.43 Å². The highest BCUT2D eigenvalue weighted by Crippen LogP contribution is 2.17. The molecule has 3 heteroatoms. The molecular weight excluding hydrogens is 152 g/mol. The molecule has 0 fully saturated rings. The smallest absolute Gasteiger partial charge is 0.122 e. The summed E-state index contributed by atoms with van der Waals surface area (Å²) in [4.78, 5) is 0. The lowest BCUT2D eigenvalue weighted by molar-refractivity contribution is 0.404. The molecule has 1 unspecified atom stereocenters. The molecule has 1 heterocycles. The summed E-state index contributed by atoms with van der Waals surface area (Å²) in [6.45, 7) is 0. The summed E-state index contributed by atoms with van der Waals surface area (Å²) in [5.74, 6) is 8.71. The molecular formula is C9H12N2O. The van der Waals surface area contributed by atoms with Crippen molar-refractivity contribution in [2.45, 2.75) is 18.9 Å². The molecule has 0 aromatic carbocycles. The van der Waals surface area contributed by atoms with Crippen LogP contribution in [0.15, 0.2) is 22.8 Å². The molecule has 64 valence electrons. The van der Waals surface area contributed by atoms with Crippen LogP contribution in [0.4, 0.5) is 0 Å². The van der Waals surface area contributed by atoms with Crippen LogP contribution >= 0.6 is 0 Å². The van der Waals surface area contributed by atoms with Crippen LogP contribution in [-0.2, 0) is 0 Å². The highest BCUT2D eigenvalue weighted by molar-refractivity contribution is 5.04. The largest absolute Gasteiger partial charge is 0.468 e. The lowest BCUT2D eigenvalue weighted by Gasteiger charge is -2.10. The van der Waals surface area contributed by atoms with Crippen LogP contribution < -0.4 is 11.3 Å². The molecule has 1 rings (SSSR count). The first-order valence-electron chi connectivity index (χ1n) is 3.81. The summed E-state index contributed by atoms with van der Waals surface area (Å²) >= 11 is 0. The fourth-order valence-electron chi connectivity index (χ4n) is 1.02. The zero-order valence-electron chi connectivity index (χ0n) is 6.79. The summed E-state index contributed by atoms with van der Waals surface area (Å²) in [5, 5.41) is 0. The number of hydrogen-bond donors (Lipinski definition) is 2. The Kier molecular flexibility index (Phi) is 3.39. The molecule has 1 atom stereocenters. The van der Waals surface area contributed by atoms with E-state index in [1.165, 1.54) is 0 Å². The molecule has 0 radical (unpaired) electrons. The number of rotatable bonds is 4. The highest BCUT2D eigenvalue weighted by atomic mass is 16.3. The molecule has 12 heavy (non-hydrogen) atoms. The maximum Gasteiger partial charge on any atom is 0.122 e. The van der Waals surface area contributed by atoms with Gasteiger partial charge in [-0.05, 0) is 18.6 Å². The zero-order valence-corrected chi connectivity index (χ0v) is 6.79. The van der Waals surface area contributed by atoms with Crippen LogP contribution in [0.25, 0.3) is 0 Å². The summed E-state index contributed by atoms with van der Waals surface area (Å²) in [7, 11) is 0. The molecule has 0 amide bonds. The standard InChI is InChI=1S/C9H12N2O/c1-2-3-5-8(11-10)9-6-4-7-12-9/h1,4,6-8,11H,3,5,10H2. The van der Waals surface area contributed by atoms with Gasteiger partial charge in [0.15, 0.2) is 0 Å². The summed E-state index contributed by atoms with van der Waals surface area (Å²) in [6.07, 6.45) is 8.24. The van der Waals surface area contributed by atoms with Crippen molar-refractivity contribution < 1.29 is 4.42 Å². The minimum Gasteiger partial charge on any atom is -0.468 e. The molecule has 0 aliphatic carbocycles. The van der Waals surface area contributed by atoms with E-state index in [0.717, 1.165) is 12.2 Å². The van der Waals surface area contributed by atoms with Gasteiger partial charge in [-0.3, -0.25) is 5.84 Å². The minimum absolute atomic E-state index is 0.0241. The minimum atomic E-state index is 0.0241. The maximum absolute atomic E-state index is 5.33. The van der Waals surface area contributed by atoms with Gasteiger partial charge in [0.2, 0.25) is 0 Å². The predicted octanol–water partition coefficient (Wildman–Crippen LogP) is 1.20. The van der Waals surface area contributed by atoms with Crippen molar-refractivity contribution in [1.29, 1.82) is 0 Å². The molecule has 0 saturated carbocycles. The van der Waals surface area contributed by atoms with E-state index in [1.54, 1.807) is 6.26 Å². The first-order chi connectivity index (χ1) is 5.88. The Morgan fingerprint density at radius 3 is 3.08 bits per heavy atom. The highest BCUT2D eigenvalue weighted by Gasteiger charge is 2.10. The Hall–Kier alpha value is -1.24. The molecule has 3 nitrogen and oxygen atoms in total. The molecule has 0 aliphatic rings. The fraction of sp³-hybridized carbons (Fsp3) is 0.333. The van der Waals surface area contributed by atoms with E-state index >= 15 is 0 Å². The van der Waals surface area contributed by atoms with Crippen molar-refractivity contribution in [3.63, 3.8) is 0 Å². The van der Waals surface area contributed by atoms with Gasteiger partial charge in [0.05, 0.1) is 12.3 Å². The first-order valence-corrected chi connectivity index (χ1v) is 3.81. The van der Waals surface area contributed by atoms with Crippen molar-refractivity contribution >= 4 is 0 Å². The third-order valence-electron chi connectivity index (χ3n) is 1.67. The number of hydrazine groups is 1. The SMILES string of the molecule is C#CCCC(NN)c1ccco1. The van der Waals surface area contributed by atoms with Gasteiger partial charge in [-0.1, -0.05) is 0 Å². The quantitative estimate of drug-likeness (QED) is 0.399. The Bertz CT molecular complexity index is 248. The van der Waals surface area contributed by atoms with Gasteiger partial charge in [-0.15, -0.1) is 12.3 Å². The fourth-order valence-corrected chi connectivity index (χ4v) is 1.02. The van der Waals surface area contributed by atoms with E-state index in [1.807, 2.05) is 12.1 Å². The molecule has 1 aromatic rings. The average Bonchev–Trinajstić information content (AvgIpc) is 2.59. The summed E-state index contributed by atoms with van der Waals surface area (Å²) in [6, 6.07) is 3.73. The van der Waals surface area contributed by atoms with E-state index in [9.17, 15) is 0 Å². The number of furan rings is 1. The first kappa shape index (κ1) is 8.85. The molecule has 0 aliphatic heterocycles. The van der Waals surface area contributed by atoms with Gasteiger partial charge >= 0.3 is 0 Å². The van der Waals surface area contributed by atoms with Crippen molar-refractivity contribution in [3.05, 3.63) is 24.2 Å². The average molecular weight is 164 g/mol. The second kappa shape index (κ2) is 4.60. The van der Waals surface area contributed by atoms with Crippen LogP contribution in [-0.4, -0.2) is 0 Å². The molecule has 1 aromatic heterocycles. The number of nitrogens with two attached hydrogens (primary N) is 1. The zero-order chi connectivity index (χ0) is 8.81. The number of nitrogens with one attached hydrogen (secondary N) is 1. The van der Waals surface area contributed by atoms with Gasteiger partial charge in [0.25, 0.3) is 0 Å². The number of hydrogen-bond acceptors (Lipinski definition) is 3. The van der Waals surface area contributed by atoms with Crippen molar-refractivity contribution in [1.82, 2.24) is 5.43 Å². The van der Waals surface area contributed by atoms with Crippen molar-refractivity contribution in [3.8, 4) is 12.3 Å². The monoisotopic (exact) mass is 164 g/mol. The molecule has 0 saturated heterocycles. The van der Waals surface area contributed by atoms with Gasteiger partial charge in [0, 0.05) is 6.42 Å². The third-order valence-corrected chi connectivity index (χ3v) is 1.67. The summed E-state index contributed by atoms with van der Waals surface area (Å²) in [5.41, 5.74) is 2.65. The van der Waals surface area contributed by atoms with E-state index in [2.05, 4.69) is 11.3 Å². The number of terminal acetylenes is 1. The maximum atomic E-state index is 5.33. The van der Waals surface area contributed by atoms with Crippen molar-refractivity contribution in [2.24, 2.45) is 5.84 Å². The third kappa shape index (κ3) is 2.12. The normalized spacial score (nSPS) is 12.3. The van der Waals surface area contributed by atoms with Gasteiger partial charge in [-0.2, -0.15) is 0 Å². The lowest BCUT2D eigenvalue weighted by Crippen LogP contribution is -2.27. The predicted molar refractivity (Wildman–Crippen MR) is 46.8 cm³/mol. The lowest BCUT2D eigenvalue weighted by atomic mass is 10.1. The molecule has 0 bridgehead atoms. The van der Waals surface area contributed by atoms with Gasteiger partial charge in [0.1, 0.15) is 5.76 Å². The van der Waals surface area contributed by atoms with Crippen molar-refractivity contribution in [2.75, 3.05) is 0 Å². The Balaban J connectivity index is 2.52. The van der Waals surface area contributed by atoms with Crippen LogP contribution in [0.1, 0.15) is 24.6 Å². The molecule has 3 N–H and O–H groups in total. The van der Waals surface area contributed by atoms with E-state index < -0.39 is 0 Å². The Morgan fingerprint density at radius 2 is 2.58 bits per heavy atom. The van der Waals surface area contributed by atoms with Gasteiger partial charge < -0.3 is 4.42 Å². The van der Waals surface area contributed by atoms with Crippen LogP contribution in [0.5, 0.6) is 0 Å². The van der Waals surface area contributed by atoms with E-state index in [0.29, 0.717) is 6.42 Å². The summed E-state index contributed by atoms with van der Waals surface area (Å²) < 4.78 is 5.17. The second-order valence-corrected chi connectivity index (χ2v) is 2.48. The Morgan fingerprint density at radius 1 is 1.75 bits per heavy atom. The second-order valence-electron chi connectivity index (χ2n) is 2.48.